The van der Waals surface area contributed by atoms with E-state index >= 15 is 0 Å². The molecule has 0 atom stereocenters. The number of rotatable bonds is 7. The maximum absolute atomic E-state index is 12.0. The Kier molecular flexibility index (Phi) is 6.16. The number of hydrogen-bond donors (Lipinski definition) is 0. The molecule has 0 amide bonds. The van der Waals surface area contributed by atoms with E-state index in [1.54, 1.807) is 18.2 Å². The van der Waals surface area contributed by atoms with Gasteiger partial charge in [-0.1, -0.05) is 24.3 Å². The summed E-state index contributed by atoms with van der Waals surface area (Å²) in [6.07, 6.45) is 6.48. The van der Waals surface area contributed by atoms with Crippen molar-refractivity contribution in [1.82, 2.24) is 0 Å². The van der Waals surface area contributed by atoms with E-state index in [-0.39, 0.29) is 11.3 Å². The SMILES string of the molecule is CCN(CC)c1ccc(/C=C/C=C(/C#N)C(=O)c2ccco2)cc1. The highest BCUT2D eigenvalue weighted by Crippen LogP contribution is 2.16. The van der Waals surface area contributed by atoms with Crippen LogP contribution in [0.3, 0.4) is 0 Å². The first-order valence-corrected chi connectivity index (χ1v) is 7.91. The lowest BCUT2D eigenvalue weighted by Gasteiger charge is -2.20. The molecule has 2 rings (SSSR count). The Labute approximate surface area is 142 Å². The van der Waals surface area contributed by atoms with Gasteiger partial charge in [0.2, 0.25) is 5.78 Å². The molecule has 1 aromatic heterocycles. The minimum Gasteiger partial charge on any atom is -0.461 e. The summed E-state index contributed by atoms with van der Waals surface area (Å²) < 4.78 is 5.03. The van der Waals surface area contributed by atoms with E-state index in [1.165, 1.54) is 18.0 Å². The summed E-state index contributed by atoms with van der Waals surface area (Å²) in [6, 6.07) is 13.2. The molecule has 0 aliphatic heterocycles. The van der Waals surface area contributed by atoms with Crippen molar-refractivity contribution in [3.05, 3.63) is 71.7 Å². The van der Waals surface area contributed by atoms with Gasteiger partial charge < -0.3 is 9.32 Å². The van der Waals surface area contributed by atoms with Crippen molar-refractivity contribution in [2.45, 2.75) is 13.8 Å². The number of benzene rings is 1. The van der Waals surface area contributed by atoms with Crippen LogP contribution in [0, 0.1) is 11.3 Å². The van der Waals surface area contributed by atoms with Gasteiger partial charge in [0.25, 0.3) is 0 Å². The summed E-state index contributed by atoms with van der Waals surface area (Å²) in [7, 11) is 0. The minimum absolute atomic E-state index is 0.0426. The van der Waals surface area contributed by atoms with Gasteiger partial charge in [0.05, 0.1) is 6.26 Å². The van der Waals surface area contributed by atoms with E-state index in [1.807, 2.05) is 24.3 Å². The Balaban J connectivity index is 2.09. The molecule has 0 N–H and O–H groups in total. The zero-order chi connectivity index (χ0) is 17.4. The fraction of sp³-hybridized carbons (Fsp3) is 0.200. The lowest BCUT2D eigenvalue weighted by Crippen LogP contribution is -2.21. The van der Waals surface area contributed by atoms with E-state index in [4.69, 9.17) is 9.68 Å². The third-order valence-corrected chi connectivity index (χ3v) is 3.68. The molecule has 4 heteroatoms. The molecule has 24 heavy (non-hydrogen) atoms. The van der Waals surface area contributed by atoms with Crippen molar-refractivity contribution < 1.29 is 9.21 Å². The Hall–Kier alpha value is -3.06. The van der Waals surface area contributed by atoms with Crippen molar-refractivity contribution in [3.8, 4) is 6.07 Å². The molecular formula is C20H20N2O2. The zero-order valence-corrected chi connectivity index (χ0v) is 13.9. The number of nitriles is 1. The molecule has 0 aliphatic rings. The molecule has 4 nitrogen and oxygen atoms in total. The van der Waals surface area contributed by atoms with Crippen LogP contribution in [-0.2, 0) is 0 Å². The second-order valence-corrected chi connectivity index (χ2v) is 5.12. The molecule has 0 saturated heterocycles. The van der Waals surface area contributed by atoms with Crippen LogP contribution in [0.15, 0.2) is 64.8 Å². The first-order chi connectivity index (χ1) is 11.7. The lowest BCUT2D eigenvalue weighted by atomic mass is 10.1. The van der Waals surface area contributed by atoms with Gasteiger partial charge in [-0.2, -0.15) is 5.26 Å². The summed E-state index contributed by atoms with van der Waals surface area (Å²) in [5.74, 6) is -0.246. The number of nitrogens with zero attached hydrogens (tertiary/aromatic N) is 2. The maximum Gasteiger partial charge on any atom is 0.238 e. The molecule has 1 aromatic carbocycles. The van der Waals surface area contributed by atoms with Gasteiger partial charge in [-0.3, -0.25) is 4.79 Å². The Morgan fingerprint density at radius 1 is 1.21 bits per heavy atom. The fourth-order valence-electron chi connectivity index (χ4n) is 2.34. The first kappa shape index (κ1) is 17.3. The second kappa shape index (κ2) is 8.54. The van der Waals surface area contributed by atoms with Crippen LogP contribution in [0.1, 0.15) is 30.0 Å². The molecular weight excluding hydrogens is 300 g/mol. The average Bonchev–Trinajstić information content (AvgIpc) is 3.15. The summed E-state index contributed by atoms with van der Waals surface area (Å²) in [6.45, 7) is 6.19. The van der Waals surface area contributed by atoms with Crippen molar-refractivity contribution in [2.75, 3.05) is 18.0 Å². The van der Waals surface area contributed by atoms with Crippen LogP contribution in [0.4, 0.5) is 5.69 Å². The number of carbonyl (C=O) groups is 1. The first-order valence-electron chi connectivity index (χ1n) is 7.91. The summed E-state index contributed by atoms with van der Waals surface area (Å²) >= 11 is 0. The summed E-state index contributed by atoms with van der Waals surface area (Å²) in [5.41, 5.74) is 2.23. The Morgan fingerprint density at radius 2 is 1.92 bits per heavy atom. The summed E-state index contributed by atoms with van der Waals surface area (Å²) in [5, 5.41) is 9.12. The number of anilines is 1. The van der Waals surface area contributed by atoms with Crippen LogP contribution in [-0.4, -0.2) is 18.9 Å². The van der Waals surface area contributed by atoms with Crippen LogP contribution in [0.25, 0.3) is 6.08 Å². The standard InChI is InChI=1S/C20H20N2O2/c1-3-22(4-2)18-12-10-16(11-13-18)7-5-8-17(15-21)20(23)19-9-6-14-24-19/h5-14H,3-4H2,1-2H3/b7-5+,17-8-. The molecule has 0 radical (unpaired) electrons. The molecule has 0 spiro atoms. The smallest absolute Gasteiger partial charge is 0.238 e. The largest absolute Gasteiger partial charge is 0.461 e. The van der Waals surface area contributed by atoms with Crippen LogP contribution in [0.2, 0.25) is 0 Å². The molecule has 0 fully saturated rings. The third kappa shape index (κ3) is 4.23. The van der Waals surface area contributed by atoms with Gasteiger partial charge in [-0.25, -0.2) is 0 Å². The maximum atomic E-state index is 12.0. The van der Waals surface area contributed by atoms with E-state index in [0.29, 0.717) is 0 Å². The molecule has 0 unspecified atom stereocenters. The topological polar surface area (TPSA) is 57.2 Å². The van der Waals surface area contributed by atoms with Gasteiger partial charge in [-0.15, -0.1) is 0 Å². The van der Waals surface area contributed by atoms with E-state index < -0.39 is 5.78 Å². The molecule has 0 saturated carbocycles. The third-order valence-electron chi connectivity index (χ3n) is 3.68. The zero-order valence-electron chi connectivity index (χ0n) is 13.9. The highest BCUT2D eigenvalue weighted by Gasteiger charge is 2.13. The molecule has 0 aliphatic carbocycles. The number of hydrogen-bond acceptors (Lipinski definition) is 4. The van der Waals surface area contributed by atoms with Gasteiger partial charge in [0.15, 0.2) is 5.76 Å². The minimum atomic E-state index is -0.413. The number of allylic oxidation sites excluding steroid dienone is 3. The number of furan rings is 1. The van der Waals surface area contributed by atoms with Crippen molar-refractivity contribution in [1.29, 1.82) is 5.26 Å². The average molecular weight is 320 g/mol. The second-order valence-electron chi connectivity index (χ2n) is 5.12. The predicted octanol–water partition coefficient (Wildman–Crippen LogP) is 4.47. The summed E-state index contributed by atoms with van der Waals surface area (Å²) in [4.78, 5) is 14.3. The highest BCUT2D eigenvalue weighted by atomic mass is 16.3. The normalized spacial score (nSPS) is 11.5. The van der Waals surface area contributed by atoms with E-state index in [0.717, 1.165) is 18.7 Å². The van der Waals surface area contributed by atoms with Gasteiger partial charge >= 0.3 is 0 Å². The molecule has 122 valence electrons. The van der Waals surface area contributed by atoms with Crippen LogP contribution in [0.5, 0.6) is 0 Å². The molecule has 0 bridgehead atoms. The fourth-order valence-corrected chi connectivity index (χ4v) is 2.34. The Morgan fingerprint density at radius 3 is 2.46 bits per heavy atom. The van der Waals surface area contributed by atoms with Gasteiger partial charge in [-0.05, 0) is 49.8 Å². The van der Waals surface area contributed by atoms with Gasteiger partial charge in [0.1, 0.15) is 11.6 Å². The van der Waals surface area contributed by atoms with Crippen molar-refractivity contribution >= 4 is 17.5 Å². The van der Waals surface area contributed by atoms with Crippen molar-refractivity contribution in [3.63, 3.8) is 0 Å². The van der Waals surface area contributed by atoms with E-state index in [2.05, 4.69) is 30.9 Å². The number of Topliss-reactive ketones (excluding diaryl/α,β-unsaturated/α-hetero) is 1. The van der Waals surface area contributed by atoms with E-state index in [9.17, 15) is 4.79 Å². The highest BCUT2D eigenvalue weighted by molar-refractivity contribution is 6.09. The predicted molar refractivity (Wildman–Crippen MR) is 95.8 cm³/mol. The van der Waals surface area contributed by atoms with Crippen molar-refractivity contribution in [2.24, 2.45) is 0 Å². The van der Waals surface area contributed by atoms with Gasteiger partial charge in [0, 0.05) is 18.8 Å². The monoisotopic (exact) mass is 320 g/mol. The van der Waals surface area contributed by atoms with Crippen LogP contribution >= 0.6 is 0 Å². The number of ketones is 1. The Bertz CT molecular complexity index is 759. The van der Waals surface area contributed by atoms with Crippen LogP contribution < -0.4 is 4.90 Å². The number of carbonyl (C=O) groups excluding carboxylic acids is 1. The molecule has 2 aromatic rings. The lowest BCUT2D eigenvalue weighted by molar-refractivity contribution is 0.101. The molecule has 1 heterocycles. The quantitative estimate of drug-likeness (QED) is 0.327.